The molecule has 0 bridgehead atoms. The molecule has 3 unspecified atom stereocenters. The minimum atomic E-state index is 0.545. The van der Waals surface area contributed by atoms with Gasteiger partial charge in [0.05, 0.1) is 0 Å². The van der Waals surface area contributed by atoms with E-state index in [2.05, 4.69) is 39.5 Å². The molecule has 1 aliphatic heterocycles. The fourth-order valence-electron chi connectivity index (χ4n) is 2.83. The molecule has 1 fully saturated rings. The molecule has 1 heterocycles. The molecule has 0 N–H and O–H groups in total. The average molecular weight is 231 g/mol. The molecular weight excluding hydrogens is 201 g/mol. The topological polar surface area (TPSA) is 3.24 Å². The van der Waals surface area contributed by atoms with Crippen molar-refractivity contribution in [2.75, 3.05) is 6.16 Å². The highest BCUT2D eigenvalue weighted by atomic mass is 31.1. The molecular formula is C13H30NP. The Morgan fingerprint density at radius 2 is 1.87 bits per heavy atom. The molecule has 1 aliphatic rings. The first-order valence-electron chi connectivity index (χ1n) is 6.58. The second kappa shape index (κ2) is 6.86. The Labute approximate surface area is 98.8 Å². The second-order valence-electron chi connectivity index (χ2n) is 4.57. The van der Waals surface area contributed by atoms with E-state index in [1.807, 2.05) is 13.8 Å². The van der Waals surface area contributed by atoms with Crippen LogP contribution in [-0.2, 0) is 0 Å². The summed E-state index contributed by atoms with van der Waals surface area (Å²) in [5.41, 5.74) is 0. The van der Waals surface area contributed by atoms with Crippen LogP contribution in [0.5, 0.6) is 0 Å². The molecule has 0 aromatic rings. The largest absolute Gasteiger partial charge is 0.289 e. The van der Waals surface area contributed by atoms with Crippen molar-refractivity contribution in [2.24, 2.45) is 0 Å². The van der Waals surface area contributed by atoms with Gasteiger partial charge >= 0.3 is 0 Å². The second-order valence-corrected chi connectivity index (χ2v) is 6.71. The summed E-state index contributed by atoms with van der Waals surface area (Å²) in [7, 11) is 1.12. The lowest BCUT2D eigenvalue weighted by molar-refractivity contribution is -0.0304. The fraction of sp³-hybridized carbons (Fsp3) is 1.00. The summed E-state index contributed by atoms with van der Waals surface area (Å²) in [5, 5.41) is 0.545. The monoisotopic (exact) mass is 231 g/mol. The molecule has 2 heteroatoms. The van der Waals surface area contributed by atoms with E-state index < -0.39 is 0 Å². The summed E-state index contributed by atoms with van der Waals surface area (Å²) in [6.45, 7) is 15.7. The fourth-order valence-corrected chi connectivity index (χ4v) is 4.59. The molecule has 0 radical (unpaired) electrons. The lowest BCUT2D eigenvalue weighted by atomic mass is 9.89. The summed E-state index contributed by atoms with van der Waals surface area (Å²) >= 11 is 0. The van der Waals surface area contributed by atoms with Crippen molar-refractivity contribution in [3.05, 3.63) is 0 Å². The highest BCUT2D eigenvalue weighted by Gasteiger charge is 2.47. The minimum absolute atomic E-state index is 0.545. The molecule has 0 aromatic carbocycles. The Kier molecular flexibility index (Phi) is 7.04. The first-order valence-corrected chi connectivity index (χ1v) is 7.79. The van der Waals surface area contributed by atoms with Gasteiger partial charge in [-0.25, -0.2) is 0 Å². The van der Waals surface area contributed by atoms with Crippen LogP contribution in [0.25, 0.3) is 0 Å². The van der Waals surface area contributed by atoms with Gasteiger partial charge < -0.3 is 0 Å². The van der Waals surface area contributed by atoms with Crippen molar-refractivity contribution in [1.82, 2.24) is 4.90 Å². The maximum absolute atomic E-state index is 2.73. The number of likely N-dealkylation sites (tertiary alicyclic amines) is 1. The van der Waals surface area contributed by atoms with E-state index >= 15 is 0 Å². The maximum atomic E-state index is 2.73. The molecule has 0 saturated carbocycles. The third-order valence-corrected chi connectivity index (χ3v) is 4.76. The zero-order valence-electron chi connectivity index (χ0n) is 11.7. The van der Waals surface area contributed by atoms with Crippen molar-refractivity contribution in [3.63, 3.8) is 0 Å². The van der Waals surface area contributed by atoms with Crippen LogP contribution in [0, 0.1) is 0 Å². The average Bonchev–Trinajstić information content (AvgIpc) is 2.17. The van der Waals surface area contributed by atoms with E-state index in [0.29, 0.717) is 5.28 Å². The van der Waals surface area contributed by atoms with Gasteiger partial charge in [0.15, 0.2) is 0 Å². The molecule has 1 saturated heterocycles. The van der Waals surface area contributed by atoms with Crippen molar-refractivity contribution >= 4 is 8.58 Å². The van der Waals surface area contributed by atoms with Gasteiger partial charge in [0.25, 0.3) is 0 Å². The van der Waals surface area contributed by atoms with E-state index in [1.54, 1.807) is 0 Å². The molecule has 3 atom stereocenters. The van der Waals surface area contributed by atoms with Crippen LogP contribution in [0.3, 0.4) is 0 Å². The minimum Gasteiger partial charge on any atom is -0.289 e. The van der Waals surface area contributed by atoms with Gasteiger partial charge in [-0.05, 0) is 39.8 Å². The number of hydrogen-bond acceptors (Lipinski definition) is 1. The third kappa shape index (κ3) is 3.43. The maximum Gasteiger partial charge on any atom is 0.0371 e. The van der Waals surface area contributed by atoms with Gasteiger partial charge in [-0.3, -0.25) is 4.90 Å². The van der Waals surface area contributed by atoms with E-state index in [9.17, 15) is 0 Å². The molecule has 92 valence electrons. The van der Waals surface area contributed by atoms with E-state index in [-0.39, 0.29) is 0 Å². The first kappa shape index (κ1) is 15.4. The highest BCUT2D eigenvalue weighted by molar-refractivity contribution is 7.39. The van der Waals surface area contributed by atoms with Crippen LogP contribution < -0.4 is 0 Å². The molecule has 0 amide bonds. The Morgan fingerprint density at radius 1 is 1.33 bits per heavy atom. The first-order chi connectivity index (χ1) is 7.05. The number of hydrogen-bond donors (Lipinski definition) is 0. The lowest BCUT2D eigenvalue weighted by Crippen LogP contribution is -2.64. The van der Waals surface area contributed by atoms with Crippen molar-refractivity contribution in [3.8, 4) is 0 Å². The zero-order valence-corrected chi connectivity index (χ0v) is 12.7. The van der Waals surface area contributed by atoms with Gasteiger partial charge in [-0.15, -0.1) is 8.58 Å². The van der Waals surface area contributed by atoms with Crippen LogP contribution >= 0.6 is 8.58 Å². The predicted molar refractivity (Wildman–Crippen MR) is 74.3 cm³/mol. The van der Waals surface area contributed by atoms with Gasteiger partial charge in [-0.1, -0.05) is 27.7 Å². The zero-order chi connectivity index (χ0) is 12.1. The highest BCUT2D eigenvalue weighted by Crippen LogP contribution is 2.50. The summed E-state index contributed by atoms with van der Waals surface area (Å²) in [4.78, 5) is 2.73. The van der Waals surface area contributed by atoms with Crippen LogP contribution in [0.2, 0.25) is 0 Å². The third-order valence-electron chi connectivity index (χ3n) is 3.18. The Balaban J connectivity index is 0.000000921. The SMILES string of the molecule is CC.CCPC1(C)CC(CC)N1C(C)C. The van der Waals surface area contributed by atoms with Gasteiger partial charge in [0.2, 0.25) is 0 Å². The Bertz CT molecular complexity index is 170. The summed E-state index contributed by atoms with van der Waals surface area (Å²) in [5.74, 6) is 0. The van der Waals surface area contributed by atoms with Crippen molar-refractivity contribution in [2.45, 2.75) is 78.7 Å². The Morgan fingerprint density at radius 3 is 2.20 bits per heavy atom. The molecule has 0 aliphatic carbocycles. The Hall–Kier alpha value is 0.390. The van der Waals surface area contributed by atoms with Gasteiger partial charge in [0, 0.05) is 17.4 Å². The van der Waals surface area contributed by atoms with Gasteiger partial charge in [-0.2, -0.15) is 0 Å². The molecule has 1 nitrogen and oxygen atoms in total. The standard InChI is InChI=1S/C11H24NP.C2H6/c1-6-10-8-11(5,13-7-2)12(10)9(3)4;1-2/h9-10,13H,6-8H2,1-5H3;1-2H3. The predicted octanol–water partition coefficient (Wildman–Crippen LogP) is 4.32. The molecule has 1 rings (SSSR count). The van der Waals surface area contributed by atoms with E-state index in [4.69, 9.17) is 0 Å². The van der Waals surface area contributed by atoms with Crippen molar-refractivity contribution < 1.29 is 0 Å². The lowest BCUT2D eigenvalue weighted by Gasteiger charge is -2.59. The van der Waals surface area contributed by atoms with E-state index in [1.165, 1.54) is 19.0 Å². The normalized spacial score (nSPS) is 31.6. The van der Waals surface area contributed by atoms with Crippen LogP contribution in [0.4, 0.5) is 0 Å². The van der Waals surface area contributed by atoms with Gasteiger partial charge in [0.1, 0.15) is 0 Å². The van der Waals surface area contributed by atoms with E-state index in [0.717, 1.165) is 20.7 Å². The molecule has 15 heavy (non-hydrogen) atoms. The number of nitrogens with zero attached hydrogens (tertiary/aromatic N) is 1. The smallest absolute Gasteiger partial charge is 0.0371 e. The summed E-state index contributed by atoms with van der Waals surface area (Å²) < 4.78 is 0. The summed E-state index contributed by atoms with van der Waals surface area (Å²) in [6.07, 6.45) is 4.09. The van der Waals surface area contributed by atoms with Crippen molar-refractivity contribution in [1.29, 1.82) is 0 Å². The molecule has 0 spiro atoms. The van der Waals surface area contributed by atoms with Crippen LogP contribution in [0.1, 0.15) is 61.3 Å². The molecule has 0 aromatic heterocycles. The number of rotatable bonds is 4. The van der Waals surface area contributed by atoms with Crippen LogP contribution in [0.15, 0.2) is 0 Å². The van der Waals surface area contributed by atoms with Crippen LogP contribution in [-0.4, -0.2) is 28.4 Å². The quantitative estimate of drug-likeness (QED) is 0.651. The summed E-state index contributed by atoms with van der Waals surface area (Å²) in [6, 6.07) is 1.59.